The van der Waals surface area contributed by atoms with Crippen LogP contribution in [0, 0.1) is 0 Å². The summed E-state index contributed by atoms with van der Waals surface area (Å²) in [4.78, 5) is 11.1. The van der Waals surface area contributed by atoms with Gasteiger partial charge >= 0.3 is 5.97 Å². The highest BCUT2D eigenvalue weighted by atomic mass is 16.5. The van der Waals surface area contributed by atoms with E-state index in [1.165, 1.54) is 70.6 Å². The van der Waals surface area contributed by atoms with Crippen molar-refractivity contribution >= 4 is 5.97 Å². The van der Waals surface area contributed by atoms with Gasteiger partial charge in [0.2, 0.25) is 0 Å². The Labute approximate surface area is 137 Å². The van der Waals surface area contributed by atoms with Crippen LogP contribution in [0.25, 0.3) is 0 Å². The average molecular weight is 306 g/mol. The van der Waals surface area contributed by atoms with Gasteiger partial charge in [0.15, 0.2) is 0 Å². The summed E-state index contributed by atoms with van der Waals surface area (Å²) in [5, 5.41) is 0. The number of hydrogen-bond acceptors (Lipinski definition) is 2. The van der Waals surface area contributed by atoms with Gasteiger partial charge in [-0.05, 0) is 25.0 Å². The largest absolute Gasteiger partial charge is 0.454 e. The minimum atomic E-state index is -0.131. The number of carbonyl (C=O) groups excluding carboxylic acids is 1. The maximum atomic E-state index is 11.1. The van der Waals surface area contributed by atoms with Crippen LogP contribution in [0.5, 0.6) is 0 Å². The fourth-order valence-electron chi connectivity index (χ4n) is 2.80. The summed E-state index contributed by atoms with van der Waals surface area (Å²) in [7, 11) is 0. The summed E-state index contributed by atoms with van der Waals surface area (Å²) in [6, 6.07) is 0. The van der Waals surface area contributed by atoms with Crippen molar-refractivity contribution in [3.8, 4) is 0 Å². The lowest BCUT2D eigenvalue weighted by Crippen LogP contribution is -2.16. The van der Waals surface area contributed by atoms with Gasteiger partial charge in [0, 0.05) is 0 Å². The molecule has 1 atom stereocenters. The maximum Gasteiger partial charge on any atom is 0.310 e. The fourth-order valence-corrected chi connectivity index (χ4v) is 2.80. The van der Waals surface area contributed by atoms with E-state index >= 15 is 0 Å². The molecule has 1 heterocycles. The van der Waals surface area contributed by atoms with Gasteiger partial charge in [0.25, 0.3) is 0 Å². The monoisotopic (exact) mass is 306 g/mol. The molecule has 0 aromatic carbocycles. The summed E-state index contributed by atoms with van der Waals surface area (Å²) in [6.45, 7) is 2.27. The Kier molecular flexibility index (Phi) is 11.7. The van der Waals surface area contributed by atoms with Crippen molar-refractivity contribution in [2.24, 2.45) is 0 Å². The molecule has 0 fully saturated rings. The van der Waals surface area contributed by atoms with Gasteiger partial charge in [-0.25, -0.2) is 0 Å². The third-order valence-corrected chi connectivity index (χ3v) is 4.18. The van der Waals surface area contributed by atoms with Crippen LogP contribution in [0.15, 0.2) is 24.3 Å². The van der Waals surface area contributed by atoms with Crippen molar-refractivity contribution < 1.29 is 9.53 Å². The Hall–Kier alpha value is -1.05. The lowest BCUT2D eigenvalue weighted by molar-refractivity contribution is -0.144. The molecule has 0 aliphatic carbocycles. The number of rotatable bonds is 13. The Balaban J connectivity index is 1.82. The Morgan fingerprint density at radius 1 is 1.00 bits per heavy atom. The second kappa shape index (κ2) is 13.6. The normalized spacial score (nSPS) is 18.0. The van der Waals surface area contributed by atoms with Crippen LogP contribution < -0.4 is 0 Å². The summed E-state index contributed by atoms with van der Waals surface area (Å²) >= 11 is 0. The molecule has 1 aliphatic heterocycles. The molecule has 1 aliphatic rings. The molecule has 126 valence electrons. The van der Waals surface area contributed by atoms with Gasteiger partial charge in [-0.2, -0.15) is 0 Å². The SMILES string of the molecule is CCCCCCCCCCCCC/C=C/C1C=CCC(=O)O1. The molecule has 0 aromatic heterocycles. The second-order valence-corrected chi connectivity index (χ2v) is 6.34. The third kappa shape index (κ3) is 10.6. The molecule has 0 spiro atoms. The topological polar surface area (TPSA) is 26.3 Å². The number of allylic oxidation sites excluding steroid dienone is 1. The van der Waals surface area contributed by atoms with Crippen molar-refractivity contribution in [3.63, 3.8) is 0 Å². The standard InChI is InChI=1S/C20H34O2/c1-2-3-4-5-6-7-8-9-10-11-12-13-14-16-19-17-15-18-20(21)22-19/h14-17,19H,2-13,18H2,1H3/b16-14+. The van der Waals surface area contributed by atoms with Gasteiger partial charge in [-0.15, -0.1) is 0 Å². The van der Waals surface area contributed by atoms with Crippen LogP contribution >= 0.6 is 0 Å². The predicted octanol–water partition coefficient (Wildman–Crippen LogP) is 6.12. The van der Waals surface area contributed by atoms with Crippen LogP contribution in [0.3, 0.4) is 0 Å². The van der Waals surface area contributed by atoms with E-state index in [0.29, 0.717) is 6.42 Å². The van der Waals surface area contributed by atoms with Gasteiger partial charge in [-0.1, -0.05) is 83.3 Å². The Morgan fingerprint density at radius 3 is 2.18 bits per heavy atom. The number of ether oxygens (including phenoxy) is 1. The Bertz CT molecular complexity index is 331. The van der Waals surface area contributed by atoms with E-state index < -0.39 is 0 Å². The lowest BCUT2D eigenvalue weighted by atomic mass is 10.1. The molecular weight excluding hydrogens is 272 g/mol. The summed E-state index contributed by atoms with van der Waals surface area (Å²) < 4.78 is 5.18. The molecule has 1 rings (SSSR count). The van der Waals surface area contributed by atoms with E-state index in [1.807, 2.05) is 18.2 Å². The van der Waals surface area contributed by atoms with Crippen molar-refractivity contribution in [2.45, 2.75) is 96.5 Å². The van der Waals surface area contributed by atoms with Crippen molar-refractivity contribution in [1.82, 2.24) is 0 Å². The van der Waals surface area contributed by atoms with E-state index in [2.05, 4.69) is 13.0 Å². The molecular formula is C20H34O2. The molecule has 0 bridgehead atoms. The van der Waals surface area contributed by atoms with Crippen LogP contribution in [0.1, 0.15) is 90.4 Å². The first-order valence-electron chi connectivity index (χ1n) is 9.35. The number of hydrogen-bond donors (Lipinski definition) is 0. The van der Waals surface area contributed by atoms with E-state index in [-0.39, 0.29) is 12.1 Å². The van der Waals surface area contributed by atoms with Crippen LogP contribution in [-0.2, 0) is 9.53 Å². The predicted molar refractivity (Wildman–Crippen MR) is 93.9 cm³/mol. The van der Waals surface area contributed by atoms with Crippen molar-refractivity contribution in [2.75, 3.05) is 0 Å². The van der Waals surface area contributed by atoms with E-state index in [0.717, 1.165) is 6.42 Å². The summed E-state index contributed by atoms with van der Waals surface area (Å²) in [5.41, 5.74) is 0. The molecule has 0 N–H and O–H groups in total. The molecule has 0 aromatic rings. The van der Waals surface area contributed by atoms with Crippen LogP contribution in [0.2, 0.25) is 0 Å². The second-order valence-electron chi connectivity index (χ2n) is 6.34. The first-order chi connectivity index (χ1) is 10.8. The van der Waals surface area contributed by atoms with Crippen molar-refractivity contribution in [1.29, 1.82) is 0 Å². The molecule has 22 heavy (non-hydrogen) atoms. The molecule has 2 heteroatoms. The highest BCUT2D eigenvalue weighted by molar-refractivity contribution is 5.72. The van der Waals surface area contributed by atoms with E-state index in [1.54, 1.807) is 0 Å². The van der Waals surface area contributed by atoms with E-state index in [4.69, 9.17) is 4.74 Å². The molecule has 0 radical (unpaired) electrons. The smallest absolute Gasteiger partial charge is 0.310 e. The zero-order valence-corrected chi connectivity index (χ0v) is 14.4. The first-order valence-corrected chi connectivity index (χ1v) is 9.35. The zero-order valence-electron chi connectivity index (χ0n) is 14.4. The highest BCUT2D eigenvalue weighted by Gasteiger charge is 2.11. The first kappa shape index (κ1) is 19.0. The van der Waals surface area contributed by atoms with E-state index in [9.17, 15) is 4.79 Å². The average Bonchev–Trinajstić information content (AvgIpc) is 2.52. The Morgan fingerprint density at radius 2 is 1.59 bits per heavy atom. The minimum absolute atomic E-state index is 0.119. The molecule has 2 nitrogen and oxygen atoms in total. The van der Waals surface area contributed by atoms with Gasteiger partial charge in [0.05, 0.1) is 6.42 Å². The minimum Gasteiger partial charge on any atom is -0.454 e. The zero-order chi connectivity index (χ0) is 15.9. The molecule has 1 unspecified atom stereocenters. The van der Waals surface area contributed by atoms with Crippen molar-refractivity contribution in [3.05, 3.63) is 24.3 Å². The quantitative estimate of drug-likeness (QED) is 0.233. The molecule has 0 amide bonds. The van der Waals surface area contributed by atoms with Gasteiger partial charge in [0.1, 0.15) is 6.10 Å². The van der Waals surface area contributed by atoms with Crippen LogP contribution in [-0.4, -0.2) is 12.1 Å². The van der Waals surface area contributed by atoms with Crippen LogP contribution in [0.4, 0.5) is 0 Å². The third-order valence-electron chi connectivity index (χ3n) is 4.18. The fraction of sp³-hybridized carbons (Fsp3) is 0.750. The lowest BCUT2D eigenvalue weighted by Gasteiger charge is -2.13. The molecule has 0 saturated carbocycles. The number of cyclic esters (lactones) is 1. The van der Waals surface area contributed by atoms with Gasteiger partial charge < -0.3 is 4.74 Å². The van der Waals surface area contributed by atoms with Gasteiger partial charge in [-0.3, -0.25) is 4.79 Å². The highest BCUT2D eigenvalue weighted by Crippen LogP contribution is 2.12. The number of esters is 1. The summed E-state index contributed by atoms with van der Waals surface area (Å²) in [6.07, 6.45) is 24.6. The molecule has 0 saturated heterocycles. The maximum absolute atomic E-state index is 11.1. The number of carbonyl (C=O) groups is 1. The summed E-state index contributed by atoms with van der Waals surface area (Å²) in [5.74, 6) is -0.119. The number of unbranched alkanes of at least 4 members (excludes halogenated alkanes) is 11.